The zero-order chi connectivity index (χ0) is 22.2. The van der Waals surface area contributed by atoms with Crippen LogP contribution in [0.4, 0.5) is 8.78 Å². The second-order valence-electron chi connectivity index (χ2n) is 7.11. The number of hydrogen-bond acceptors (Lipinski definition) is 6. The van der Waals surface area contributed by atoms with E-state index in [4.69, 9.17) is 4.74 Å². The zero-order valence-electron chi connectivity index (χ0n) is 17.2. The summed E-state index contributed by atoms with van der Waals surface area (Å²) >= 11 is 0. The maximum atomic E-state index is 12.4. The summed E-state index contributed by atoms with van der Waals surface area (Å²) in [6.45, 7) is -0.447. The number of pyridine rings is 1. The lowest BCUT2D eigenvalue weighted by Crippen LogP contribution is -2.04. The largest absolute Gasteiger partial charge is 0.479 e. The van der Waals surface area contributed by atoms with Gasteiger partial charge in [0.2, 0.25) is 5.88 Å². The van der Waals surface area contributed by atoms with Gasteiger partial charge in [-0.15, -0.1) is 0 Å². The molecule has 0 saturated carbocycles. The molecule has 0 aliphatic heterocycles. The summed E-state index contributed by atoms with van der Waals surface area (Å²) in [4.78, 5) is 17.6. The maximum Gasteiger partial charge on any atom is 0.387 e. The fraction of sp³-hybridized carbons (Fsp3) is 0.182. The molecule has 0 unspecified atom stereocenters. The van der Waals surface area contributed by atoms with Crippen LogP contribution in [0.5, 0.6) is 11.6 Å². The Morgan fingerprint density at radius 3 is 2.62 bits per heavy atom. The predicted octanol–water partition coefficient (Wildman–Crippen LogP) is 4.13. The smallest absolute Gasteiger partial charge is 0.387 e. The summed E-state index contributed by atoms with van der Waals surface area (Å²) in [6, 6.07) is 10.4. The van der Waals surface area contributed by atoms with Gasteiger partial charge in [0.25, 0.3) is 0 Å². The van der Waals surface area contributed by atoms with Crippen molar-refractivity contribution in [1.29, 1.82) is 0 Å². The molecule has 0 saturated heterocycles. The molecule has 0 spiro atoms. The highest BCUT2D eigenvalue weighted by atomic mass is 19.3. The van der Waals surface area contributed by atoms with Gasteiger partial charge in [-0.3, -0.25) is 0 Å². The Morgan fingerprint density at radius 1 is 1.06 bits per heavy atom. The van der Waals surface area contributed by atoms with E-state index in [0.717, 1.165) is 33.6 Å². The second-order valence-corrected chi connectivity index (χ2v) is 7.11. The third kappa shape index (κ3) is 3.49. The highest BCUT2D eigenvalue weighted by molar-refractivity contribution is 5.83. The number of methoxy groups -OCH3 is 1. The number of ether oxygens (including phenoxy) is 2. The number of nitrogens with zero attached hydrogens (tertiary/aromatic N) is 6. The van der Waals surface area contributed by atoms with Gasteiger partial charge in [-0.05, 0) is 36.8 Å². The van der Waals surface area contributed by atoms with Gasteiger partial charge in [-0.25, -0.2) is 15.0 Å². The van der Waals surface area contributed by atoms with Gasteiger partial charge in [0, 0.05) is 12.7 Å². The molecule has 5 aromatic rings. The number of alkyl halides is 2. The number of rotatable bonds is 6. The van der Waals surface area contributed by atoms with Gasteiger partial charge in [0.15, 0.2) is 5.65 Å². The van der Waals surface area contributed by atoms with Crippen molar-refractivity contribution in [3.05, 3.63) is 66.5 Å². The molecule has 0 radical (unpaired) electrons. The second kappa shape index (κ2) is 7.88. The Balaban J connectivity index is 1.55. The average Bonchev–Trinajstić information content (AvgIpc) is 3.35. The summed E-state index contributed by atoms with van der Waals surface area (Å²) in [7, 11) is 1.57. The summed E-state index contributed by atoms with van der Waals surface area (Å²) in [5, 5.41) is 0. The van der Waals surface area contributed by atoms with Crippen molar-refractivity contribution in [2.75, 3.05) is 7.11 Å². The third-order valence-corrected chi connectivity index (χ3v) is 5.18. The molecule has 0 bridgehead atoms. The van der Waals surface area contributed by atoms with E-state index in [2.05, 4.69) is 24.7 Å². The number of benzene rings is 1. The first kappa shape index (κ1) is 19.9. The SMILES string of the molecule is COc1ncnc2ccn(-c3cnc4nc(C)n(Cc5ccc(OC(F)F)cc5)c4c3)c12. The van der Waals surface area contributed by atoms with Crippen molar-refractivity contribution in [3.63, 3.8) is 0 Å². The number of hydrogen-bond donors (Lipinski definition) is 0. The molecule has 10 heteroatoms. The number of halogens is 2. The van der Waals surface area contributed by atoms with E-state index in [9.17, 15) is 8.78 Å². The van der Waals surface area contributed by atoms with Crippen molar-refractivity contribution in [3.8, 4) is 17.3 Å². The quantitative estimate of drug-likeness (QED) is 0.398. The minimum atomic E-state index is -2.85. The molecular weight excluding hydrogens is 418 g/mol. The number of imidazole rings is 1. The van der Waals surface area contributed by atoms with Gasteiger partial charge >= 0.3 is 6.61 Å². The van der Waals surface area contributed by atoms with E-state index in [1.165, 1.54) is 18.5 Å². The summed E-state index contributed by atoms with van der Waals surface area (Å²) in [6.07, 6.45) is 5.09. The number of fused-ring (bicyclic) bond motifs is 2. The van der Waals surface area contributed by atoms with Crippen LogP contribution in [-0.4, -0.2) is 42.8 Å². The Kier molecular flexibility index (Phi) is 4.89. The monoisotopic (exact) mass is 436 g/mol. The first-order valence-corrected chi connectivity index (χ1v) is 9.76. The van der Waals surface area contributed by atoms with Crippen LogP contribution in [0.15, 0.2) is 55.1 Å². The normalized spacial score (nSPS) is 11.5. The molecular formula is C22H18F2N6O2. The van der Waals surface area contributed by atoms with E-state index in [1.807, 2.05) is 34.4 Å². The number of aryl methyl sites for hydroxylation is 1. The summed E-state index contributed by atoms with van der Waals surface area (Å²) in [5.41, 5.74) is 4.68. The molecule has 1 aromatic carbocycles. The lowest BCUT2D eigenvalue weighted by atomic mass is 10.2. The predicted molar refractivity (Wildman–Crippen MR) is 113 cm³/mol. The molecule has 4 aromatic heterocycles. The molecule has 8 nitrogen and oxygen atoms in total. The molecule has 0 aliphatic rings. The minimum Gasteiger partial charge on any atom is -0.479 e. The molecule has 0 aliphatic carbocycles. The van der Waals surface area contributed by atoms with Crippen LogP contribution in [0, 0.1) is 6.92 Å². The van der Waals surface area contributed by atoms with Gasteiger partial charge < -0.3 is 18.6 Å². The molecule has 0 atom stereocenters. The van der Waals surface area contributed by atoms with Gasteiger partial charge in [0.05, 0.1) is 30.0 Å². The molecule has 4 heterocycles. The fourth-order valence-corrected chi connectivity index (χ4v) is 3.71. The van der Waals surface area contributed by atoms with Crippen LogP contribution in [-0.2, 0) is 6.54 Å². The van der Waals surface area contributed by atoms with E-state index >= 15 is 0 Å². The first-order valence-electron chi connectivity index (χ1n) is 9.76. The molecule has 0 N–H and O–H groups in total. The Bertz CT molecular complexity index is 1410. The summed E-state index contributed by atoms with van der Waals surface area (Å²) < 4.78 is 38.6. The van der Waals surface area contributed by atoms with Crippen molar-refractivity contribution >= 4 is 22.2 Å². The lowest BCUT2D eigenvalue weighted by molar-refractivity contribution is -0.0498. The van der Waals surface area contributed by atoms with Crippen LogP contribution in [0.2, 0.25) is 0 Å². The van der Waals surface area contributed by atoms with Crippen LogP contribution in [0.3, 0.4) is 0 Å². The van der Waals surface area contributed by atoms with Crippen LogP contribution in [0.25, 0.3) is 27.9 Å². The van der Waals surface area contributed by atoms with Gasteiger partial charge in [-0.2, -0.15) is 13.8 Å². The van der Waals surface area contributed by atoms with E-state index in [-0.39, 0.29) is 5.75 Å². The minimum absolute atomic E-state index is 0.121. The average molecular weight is 436 g/mol. The van der Waals surface area contributed by atoms with E-state index in [1.54, 1.807) is 25.4 Å². The summed E-state index contributed by atoms with van der Waals surface area (Å²) in [5.74, 6) is 1.38. The van der Waals surface area contributed by atoms with Gasteiger partial charge in [0.1, 0.15) is 23.4 Å². The van der Waals surface area contributed by atoms with Crippen molar-refractivity contribution in [2.45, 2.75) is 20.1 Å². The third-order valence-electron chi connectivity index (χ3n) is 5.18. The highest BCUT2D eigenvalue weighted by Gasteiger charge is 2.15. The van der Waals surface area contributed by atoms with Crippen molar-refractivity contribution in [1.82, 2.24) is 29.1 Å². The standard InChI is InChI=1S/C22H18F2N6O2/c1-13-28-20-18(30(13)11-14-3-5-16(6-4-14)32-22(23)24)9-15(10-25-20)29-8-7-17-19(29)21(31-2)27-12-26-17/h3-10,12,22H,11H2,1-2H3. The van der Waals surface area contributed by atoms with Crippen LogP contribution >= 0.6 is 0 Å². The molecule has 0 amide bonds. The highest BCUT2D eigenvalue weighted by Crippen LogP contribution is 2.27. The zero-order valence-corrected chi connectivity index (χ0v) is 17.2. The van der Waals surface area contributed by atoms with Gasteiger partial charge in [-0.1, -0.05) is 12.1 Å². The lowest BCUT2D eigenvalue weighted by Gasteiger charge is -2.10. The first-order chi connectivity index (χ1) is 15.5. The fourth-order valence-electron chi connectivity index (χ4n) is 3.71. The molecule has 5 rings (SSSR count). The topological polar surface area (TPSA) is 79.9 Å². The van der Waals surface area contributed by atoms with Crippen LogP contribution < -0.4 is 9.47 Å². The maximum absolute atomic E-state index is 12.4. The van der Waals surface area contributed by atoms with Crippen LogP contribution in [0.1, 0.15) is 11.4 Å². The Labute approximate surface area is 181 Å². The van der Waals surface area contributed by atoms with E-state index in [0.29, 0.717) is 18.1 Å². The van der Waals surface area contributed by atoms with Crippen molar-refractivity contribution < 1.29 is 18.3 Å². The Morgan fingerprint density at radius 2 is 1.88 bits per heavy atom. The van der Waals surface area contributed by atoms with Crippen molar-refractivity contribution in [2.24, 2.45) is 0 Å². The molecule has 32 heavy (non-hydrogen) atoms. The molecule has 0 fully saturated rings. The van der Waals surface area contributed by atoms with E-state index < -0.39 is 6.61 Å². The molecule has 162 valence electrons. The number of aromatic nitrogens is 6. The Hall–Kier alpha value is -4.08.